The van der Waals surface area contributed by atoms with Gasteiger partial charge in [-0.15, -0.1) is 0 Å². The fourth-order valence-electron chi connectivity index (χ4n) is 3.16. The highest BCUT2D eigenvalue weighted by atomic mass is 16.4. The average Bonchev–Trinajstić information content (AvgIpc) is 2.54. The van der Waals surface area contributed by atoms with Gasteiger partial charge in [-0.3, -0.25) is 4.79 Å². The van der Waals surface area contributed by atoms with E-state index in [0.29, 0.717) is 5.92 Å². The molecule has 0 bridgehead atoms. The van der Waals surface area contributed by atoms with Crippen LogP contribution in [0.15, 0.2) is 18.2 Å². The van der Waals surface area contributed by atoms with Crippen molar-refractivity contribution < 1.29 is 14.7 Å². The van der Waals surface area contributed by atoms with E-state index in [1.165, 1.54) is 21.6 Å². The molecule has 0 spiro atoms. The summed E-state index contributed by atoms with van der Waals surface area (Å²) in [6.45, 7) is 6.14. The van der Waals surface area contributed by atoms with Crippen molar-refractivity contribution in [3.8, 4) is 0 Å². The maximum absolute atomic E-state index is 12.4. The summed E-state index contributed by atoms with van der Waals surface area (Å²) >= 11 is 0. The molecule has 1 unspecified atom stereocenters. The lowest BCUT2D eigenvalue weighted by atomic mass is 9.85. The van der Waals surface area contributed by atoms with Gasteiger partial charge in [0.25, 0.3) is 0 Å². The minimum atomic E-state index is -0.890. The van der Waals surface area contributed by atoms with E-state index >= 15 is 0 Å². The molecule has 5 heteroatoms. The zero-order valence-corrected chi connectivity index (χ0v) is 15.0. The molecule has 2 rings (SSSR count). The maximum Gasteiger partial charge on any atom is 0.317 e. The van der Waals surface area contributed by atoms with E-state index in [2.05, 4.69) is 37.4 Å². The highest BCUT2D eigenvalue weighted by Crippen LogP contribution is 2.32. The Hall–Kier alpha value is -2.04. The third-order valence-corrected chi connectivity index (χ3v) is 4.76. The molecular formula is C19H28N2O3. The quantitative estimate of drug-likeness (QED) is 0.866. The predicted octanol–water partition coefficient (Wildman–Crippen LogP) is 3.55. The first-order valence-corrected chi connectivity index (χ1v) is 8.66. The third-order valence-electron chi connectivity index (χ3n) is 4.76. The molecular weight excluding hydrogens is 304 g/mol. The van der Waals surface area contributed by atoms with Crippen molar-refractivity contribution in [2.24, 2.45) is 5.92 Å². The molecule has 1 aromatic carbocycles. The van der Waals surface area contributed by atoms with E-state index < -0.39 is 11.9 Å². The normalized spacial score (nSPS) is 18.0. The number of nitrogens with one attached hydrogen (secondary N) is 1. The lowest BCUT2D eigenvalue weighted by molar-refractivity contribution is -0.141. The maximum atomic E-state index is 12.4. The van der Waals surface area contributed by atoms with Crippen LogP contribution in [0, 0.1) is 5.92 Å². The number of hydrogen-bond acceptors (Lipinski definition) is 2. The number of nitrogens with zero attached hydrogens (tertiary/aromatic N) is 1. The van der Waals surface area contributed by atoms with E-state index in [0.717, 1.165) is 19.3 Å². The average molecular weight is 332 g/mol. The Bertz CT molecular complexity index is 613. The van der Waals surface area contributed by atoms with E-state index in [1.807, 2.05) is 0 Å². The largest absolute Gasteiger partial charge is 0.481 e. The first-order chi connectivity index (χ1) is 11.3. The third kappa shape index (κ3) is 4.28. The van der Waals surface area contributed by atoms with Crippen LogP contribution in [0.4, 0.5) is 4.79 Å². The van der Waals surface area contributed by atoms with E-state index in [1.54, 1.807) is 14.0 Å². The fraction of sp³-hybridized carbons (Fsp3) is 0.579. The topological polar surface area (TPSA) is 69.6 Å². The Morgan fingerprint density at radius 1 is 1.33 bits per heavy atom. The zero-order chi connectivity index (χ0) is 17.9. The Morgan fingerprint density at radius 2 is 2.04 bits per heavy atom. The molecule has 2 atom stereocenters. The van der Waals surface area contributed by atoms with Crippen molar-refractivity contribution in [2.75, 3.05) is 13.6 Å². The number of rotatable bonds is 5. The van der Waals surface area contributed by atoms with Crippen LogP contribution in [0.1, 0.15) is 62.3 Å². The van der Waals surface area contributed by atoms with Crippen molar-refractivity contribution in [3.05, 3.63) is 34.9 Å². The molecule has 0 heterocycles. The van der Waals surface area contributed by atoms with Gasteiger partial charge in [0.15, 0.2) is 0 Å². The first-order valence-electron chi connectivity index (χ1n) is 8.66. The van der Waals surface area contributed by atoms with Gasteiger partial charge in [-0.25, -0.2) is 4.79 Å². The first kappa shape index (κ1) is 18.3. The van der Waals surface area contributed by atoms with Gasteiger partial charge in [0.1, 0.15) is 0 Å². The summed E-state index contributed by atoms with van der Waals surface area (Å²) in [5.74, 6) is -1.01. The SMILES string of the molecule is CC(CN(C)C(=O)N[C@H]1CCCc2ccc(C(C)C)cc21)C(=O)O. The predicted molar refractivity (Wildman–Crippen MR) is 94.2 cm³/mol. The molecule has 24 heavy (non-hydrogen) atoms. The molecule has 0 saturated carbocycles. The number of amides is 2. The van der Waals surface area contributed by atoms with Gasteiger partial charge in [-0.05, 0) is 41.9 Å². The van der Waals surface area contributed by atoms with Gasteiger partial charge in [0.2, 0.25) is 0 Å². The Labute approximate surface area is 144 Å². The second-order valence-electron chi connectivity index (χ2n) is 7.13. The summed E-state index contributed by atoms with van der Waals surface area (Å²) in [4.78, 5) is 24.8. The fourth-order valence-corrected chi connectivity index (χ4v) is 3.16. The number of hydrogen-bond donors (Lipinski definition) is 2. The summed E-state index contributed by atoms with van der Waals surface area (Å²) in [6.07, 6.45) is 3.02. The van der Waals surface area contributed by atoms with Gasteiger partial charge >= 0.3 is 12.0 Å². The summed E-state index contributed by atoms with van der Waals surface area (Å²) in [6, 6.07) is 6.36. The second kappa shape index (κ2) is 7.69. The summed E-state index contributed by atoms with van der Waals surface area (Å²) in [5.41, 5.74) is 3.79. The molecule has 1 aliphatic rings. The lowest BCUT2D eigenvalue weighted by Gasteiger charge is -2.30. The number of carboxylic acid groups (broad SMARTS) is 1. The Balaban J connectivity index is 2.10. The van der Waals surface area contributed by atoms with Crippen LogP contribution in [0.3, 0.4) is 0 Å². The molecule has 0 aromatic heterocycles. The highest BCUT2D eigenvalue weighted by Gasteiger charge is 2.25. The molecule has 2 N–H and O–H groups in total. The van der Waals surface area contributed by atoms with Crippen molar-refractivity contribution in [3.63, 3.8) is 0 Å². The summed E-state index contributed by atoms with van der Waals surface area (Å²) in [5, 5.41) is 12.1. The number of aliphatic carboxylic acids is 1. The van der Waals surface area contributed by atoms with Crippen LogP contribution < -0.4 is 5.32 Å². The van der Waals surface area contributed by atoms with E-state index in [9.17, 15) is 9.59 Å². The minimum Gasteiger partial charge on any atom is -0.481 e. The van der Waals surface area contributed by atoms with Gasteiger partial charge in [-0.1, -0.05) is 39.0 Å². The van der Waals surface area contributed by atoms with E-state index in [-0.39, 0.29) is 18.6 Å². The van der Waals surface area contributed by atoms with Gasteiger partial charge in [-0.2, -0.15) is 0 Å². The minimum absolute atomic E-state index is 0.00235. The molecule has 0 fully saturated rings. The highest BCUT2D eigenvalue weighted by molar-refractivity contribution is 5.76. The molecule has 0 saturated heterocycles. The molecule has 5 nitrogen and oxygen atoms in total. The van der Waals surface area contributed by atoms with Crippen LogP contribution in [-0.4, -0.2) is 35.6 Å². The number of carbonyl (C=O) groups is 2. The number of benzene rings is 1. The summed E-state index contributed by atoms with van der Waals surface area (Å²) in [7, 11) is 1.64. The van der Waals surface area contributed by atoms with E-state index in [4.69, 9.17) is 5.11 Å². The van der Waals surface area contributed by atoms with Crippen LogP contribution >= 0.6 is 0 Å². The summed E-state index contributed by atoms with van der Waals surface area (Å²) < 4.78 is 0. The molecule has 1 aliphatic carbocycles. The number of aryl methyl sites for hydroxylation is 1. The zero-order valence-electron chi connectivity index (χ0n) is 15.0. The van der Waals surface area contributed by atoms with Gasteiger partial charge in [0, 0.05) is 13.6 Å². The van der Waals surface area contributed by atoms with Crippen molar-refractivity contribution >= 4 is 12.0 Å². The smallest absolute Gasteiger partial charge is 0.317 e. The van der Waals surface area contributed by atoms with Crippen LogP contribution in [0.5, 0.6) is 0 Å². The molecule has 2 amide bonds. The Morgan fingerprint density at radius 3 is 2.67 bits per heavy atom. The second-order valence-corrected chi connectivity index (χ2v) is 7.13. The van der Waals surface area contributed by atoms with Gasteiger partial charge < -0.3 is 15.3 Å². The standard InChI is InChI=1S/C19H28N2O3/c1-12(2)15-9-8-14-6-5-7-17(16(14)10-15)20-19(24)21(4)11-13(3)18(22)23/h8-10,12-13,17H,5-7,11H2,1-4H3,(H,20,24)(H,22,23)/t13?,17-/m0/s1. The number of urea groups is 1. The number of carbonyl (C=O) groups excluding carboxylic acids is 1. The number of carboxylic acids is 1. The molecule has 132 valence electrons. The van der Waals surface area contributed by atoms with Crippen molar-refractivity contribution in [2.45, 2.75) is 52.0 Å². The van der Waals surface area contributed by atoms with Crippen LogP contribution in [0.2, 0.25) is 0 Å². The lowest BCUT2D eigenvalue weighted by Crippen LogP contribution is -2.43. The molecule has 1 aromatic rings. The van der Waals surface area contributed by atoms with Crippen molar-refractivity contribution in [1.29, 1.82) is 0 Å². The van der Waals surface area contributed by atoms with Crippen molar-refractivity contribution in [1.82, 2.24) is 10.2 Å². The van der Waals surface area contributed by atoms with Crippen LogP contribution in [0.25, 0.3) is 0 Å². The number of fused-ring (bicyclic) bond motifs is 1. The van der Waals surface area contributed by atoms with Gasteiger partial charge in [0.05, 0.1) is 12.0 Å². The molecule has 0 aliphatic heterocycles. The Kier molecular flexibility index (Phi) is 5.86. The van der Waals surface area contributed by atoms with Crippen LogP contribution in [-0.2, 0) is 11.2 Å². The molecule has 0 radical (unpaired) electrons. The monoisotopic (exact) mass is 332 g/mol.